The molecule has 1 aromatic rings. The van der Waals surface area contributed by atoms with Crippen LogP contribution in [0, 0.1) is 22.7 Å². The van der Waals surface area contributed by atoms with Gasteiger partial charge >= 0.3 is 11.9 Å². The molecular weight excluding hydrogens is 424 g/mol. The summed E-state index contributed by atoms with van der Waals surface area (Å²) in [6.45, 7) is 9.21. The van der Waals surface area contributed by atoms with Crippen LogP contribution in [0.15, 0.2) is 59.7 Å². The molecule has 3 rings (SSSR count). The number of benzene rings is 1. The molecule has 4 heteroatoms. The standard InChI is InChI=1S/C30H40O4/c1-22(18-21-34-27(31)16-14-24-10-7-6-8-11-24)17-20-29(3)23(2)13-15-26-25(29)12-9-19-30(26,4)28(32)33-5/h6-8,10-12,14,16,18,23,26H,9,13,15,17,19-21H2,1-5H3/b16-14+,22-18+/t23-,26+,29+,30+/m1/s1. The van der Waals surface area contributed by atoms with E-state index >= 15 is 0 Å². The van der Waals surface area contributed by atoms with Crippen molar-refractivity contribution in [2.45, 2.75) is 66.2 Å². The van der Waals surface area contributed by atoms with Crippen LogP contribution in [-0.4, -0.2) is 25.7 Å². The number of esters is 2. The zero-order valence-corrected chi connectivity index (χ0v) is 21.4. The molecule has 4 nitrogen and oxygen atoms in total. The number of carbonyl (C=O) groups excluding carboxylic acids is 2. The quantitative estimate of drug-likeness (QED) is 0.238. The van der Waals surface area contributed by atoms with Crippen LogP contribution >= 0.6 is 0 Å². The van der Waals surface area contributed by atoms with E-state index in [2.05, 4.69) is 33.8 Å². The highest BCUT2D eigenvalue weighted by molar-refractivity contribution is 5.87. The van der Waals surface area contributed by atoms with Crippen molar-refractivity contribution in [3.8, 4) is 0 Å². The highest BCUT2D eigenvalue weighted by Gasteiger charge is 2.52. The van der Waals surface area contributed by atoms with Gasteiger partial charge in [0.25, 0.3) is 0 Å². The van der Waals surface area contributed by atoms with Crippen LogP contribution in [0.1, 0.15) is 71.8 Å². The summed E-state index contributed by atoms with van der Waals surface area (Å²) in [5, 5.41) is 0. The van der Waals surface area contributed by atoms with E-state index in [0.717, 1.165) is 44.1 Å². The average Bonchev–Trinajstić information content (AvgIpc) is 2.84. The van der Waals surface area contributed by atoms with E-state index in [0.29, 0.717) is 5.92 Å². The van der Waals surface area contributed by atoms with Gasteiger partial charge in [0.2, 0.25) is 0 Å². The Morgan fingerprint density at radius 2 is 1.88 bits per heavy atom. The summed E-state index contributed by atoms with van der Waals surface area (Å²) in [6, 6.07) is 9.71. The minimum absolute atomic E-state index is 0.0583. The number of allylic oxidation sites excluding steroid dienone is 3. The smallest absolute Gasteiger partial charge is 0.331 e. The first-order valence-electron chi connectivity index (χ1n) is 12.5. The number of methoxy groups -OCH3 is 1. The molecule has 0 heterocycles. The van der Waals surface area contributed by atoms with Crippen molar-refractivity contribution >= 4 is 18.0 Å². The van der Waals surface area contributed by atoms with Crippen LogP contribution in [0.25, 0.3) is 6.08 Å². The minimum atomic E-state index is -0.424. The molecule has 0 unspecified atom stereocenters. The largest absolute Gasteiger partial charge is 0.469 e. The molecule has 2 aliphatic carbocycles. The fourth-order valence-corrected chi connectivity index (χ4v) is 5.78. The second-order valence-corrected chi connectivity index (χ2v) is 10.5. The van der Waals surface area contributed by atoms with Gasteiger partial charge in [-0.2, -0.15) is 0 Å². The SMILES string of the molecule is COC(=O)[C@@]1(C)CCC=C2[C@@H]1CC[C@@H](C)[C@]2(C)CC/C(C)=C/COC(=O)/C=C/c1ccccc1. The van der Waals surface area contributed by atoms with Crippen LogP contribution < -0.4 is 0 Å². The van der Waals surface area contributed by atoms with E-state index in [9.17, 15) is 9.59 Å². The van der Waals surface area contributed by atoms with Crippen molar-refractivity contribution in [3.63, 3.8) is 0 Å². The first-order chi connectivity index (χ1) is 16.2. The molecule has 2 aliphatic rings. The first-order valence-corrected chi connectivity index (χ1v) is 12.5. The molecule has 1 fully saturated rings. The molecule has 0 saturated heterocycles. The van der Waals surface area contributed by atoms with Gasteiger partial charge in [0.15, 0.2) is 0 Å². The summed E-state index contributed by atoms with van der Waals surface area (Å²) in [5.74, 6) is 0.414. The predicted octanol–water partition coefficient (Wildman–Crippen LogP) is 6.92. The van der Waals surface area contributed by atoms with Crippen molar-refractivity contribution in [3.05, 3.63) is 65.3 Å². The van der Waals surface area contributed by atoms with Crippen molar-refractivity contribution in [1.29, 1.82) is 0 Å². The maximum Gasteiger partial charge on any atom is 0.331 e. The molecule has 0 aromatic heterocycles. The second-order valence-electron chi connectivity index (χ2n) is 10.5. The fourth-order valence-electron chi connectivity index (χ4n) is 5.78. The number of fused-ring (bicyclic) bond motifs is 1. The van der Waals surface area contributed by atoms with Crippen LogP contribution in [0.5, 0.6) is 0 Å². The maximum absolute atomic E-state index is 12.7. The Bertz CT molecular complexity index is 957. The van der Waals surface area contributed by atoms with Crippen molar-refractivity contribution < 1.29 is 19.1 Å². The third-order valence-corrected chi connectivity index (χ3v) is 8.37. The lowest BCUT2D eigenvalue weighted by molar-refractivity contribution is -0.156. The topological polar surface area (TPSA) is 52.6 Å². The van der Waals surface area contributed by atoms with E-state index < -0.39 is 5.41 Å². The molecule has 0 N–H and O–H groups in total. The second kappa shape index (κ2) is 11.2. The van der Waals surface area contributed by atoms with Gasteiger partial charge in [-0.25, -0.2) is 4.79 Å². The highest BCUT2D eigenvalue weighted by Crippen LogP contribution is 2.58. The van der Waals surface area contributed by atoms with Crippen LogP contribution in [0.4, 0.5) is 0 Å². The van der Waals surface area contributed by atoms with Gasteiger partial charge in [0.1, 0.15) is 6.61 Å². The van der Waals surface area contributed by atoms with E-state index in [4.69, 9.17) is 9.47 Å². The predicted molar refractivity (Wildman–Crippen MR) is 137 cm³/mol. The number of hydrogen-bond acceptors (Lipinski definition) is 4. The van der Waals surface area contributed by atoms with Gasteiger partial charge in [-0.1, -0.05) is 61.4 Å². The molecule has 1 saturated carbocycles. The van der Waals surface area contributed by atoms with E-state index in [1.54, 1.807) is 6.08 Å². The van der Waals surface area contributed by atoms with Gasteiger partial charge in [-0.15, -0.1) is 0 Å². The average molecular weight is 465 g/mol. The lowest BCUT2D eigenvalue weighted by atomic mass is 9.51. The molecule has 4 atom stereocenters. The fraction of sp³-hybridized carbons (Fsp3) is 0.533. The van der Waals surface area contributed by atoms with Crippen LogP contribution in [0.3, 0.4) is 0 Å². The maximum atomic E-state index is 12.7. The van der Waals surface area contributed by atoms with Crippen molar-refractivity contribution in [2.24, 2.45) is 22.7 Å². The summed E-state index contributed by atoms with van der Waals surface area (Å²) in [6.07, 6.45) is 13.6. The number of rotatable bonds is 8. The molecule has 0 radical (unpaired) electrons. The Morgan fingerprint density at radius 1 is 1.15 bits per heavy atom. The lowest BCUT2D eigenvalue weighted by Gasteiger charge is -2.53. The molecular formula is C30H40O4. The normalized spacial score (nSPS) is 29.3. The van der Waals surface area contributed by atoms with Crippen molar-refractivity contribution in [2.75, 3.05) is 13.7 Å². The Kier molecular flexibility index (Phi) is 8.57. The van der Waals surface area contributed by atoms with Crippen LogP contribution in [-0.2, 0) is 19.1 Å². The molecule has 0 bridgehead atoms. The Morgan fingerprint density at radius 3 is 2.59 bits per heavy atom. The number of ether oxygens (including phenoxy) is 2. The Labute approximate surface area is 205 Å². The third-order valence-electron chi connectivity index (χ3n) is 8.37. The summed E-state index contributed by atoms with van der Waals surface area (Å²) < 4.78 is 10.6. The minimum Gasteiger partial charge on any atom is -0.469 e. The van der Waals surface area contributed by atoms with Gasteiger partial charge in [0.05, 0.1) is 12.5 Å². The molecule has 0 aliphatic heterocycles. The molecule has 184 valence electrons. The lowest BCUT2D eigenvalue weighted by Crippen LogP contribution is -2.47. The van der Waals surface area contributed by atoms with Crippen LogP contribution in [0.2, 0.25) is 0 Å². The monoisotopic (exact) mass is 464 g/mol. The van der Waals surface area contributed by atoms with E-state index in [1.807, 2.05) is 36.4 Å². The number of hydrogen-bond donors (Lipinski definition) is 0. The van der Waals surface area contributed by atoms with Crippen molar-refractivity contribution in [1.82, 2.24) is 0 Å². The first kappa shape index (κ1) is 26.0. The summed E-state index contributed by atoms with van der Waals surface area (Å²) in [4.78, 5) is 24.7. The Hall–Kier alpha value is -2.62. The Balaban J connectivity index is 1.59. The summed E-state index contributed by atoms with van der Waals surface area (Å²) in [5.41, 5.74) is 3.29. The van der Waals surface area contributed by atoms with Gasteiger partial charge < -0.3 is 9.47 Å². The summed E-state index contributed by atoms with van der Waals surface area (Å²) >= 11 is 0. The van der Waals surface area contributed by atoms with Gasteiger partial charge in [-0.3, -0.25) is 4.79 Å². The van der Waals surface area contributed by atoms with E-state index in [-0.39, 0.29) is 29.9 Å². The zero-order chi connectivity index (χ0) is 24.8. The van der Waals surface area contributed by atoms with Gasteiger partial charge in [0, 0.05) is 6.08 Å². The molecule has 0 amide bonds. The highest BCUT2D eigenvalue weighted by atomic mass is 16.5. The molecule has 1 aromatic carbocycles. The summed E-state index contributed by atoms with van der Waals surface area (Å²) in [7, 11) is 1.51. The zero-order valence-electron chi connectivity index (χ0n) is 21.4. The molecule has 34 heavy (non-hydrogen) atoms. The van der Waals surface area contributed by atoms with E-state index in [1.165, 1.54) is 24.3 Å². The number of carbonyl (C=O) groups is 2. The third kappa shape index (κ3) is 5.71. The molecule has 0 spiro atoms. The van der Waals surface area contributed by atoms with Gasteiger partial charge in [-0.05, 0) is 87.3 Å².